The Morgan fingerprint density at radius 1 is 1.20 bits per heavy atom. The van der Waals surface area contributed by atoms with E-state index >= 15 is 0 Å². The lowest BCUT2D eigenvalue weighted by molar-refractivity contribution is -0.0915. The second kappa shape index (κ2) is 5.01. The molecular formula is C12H13F3. The van der Waals surface area contributed by atoms with Crippen LogP contribution in [0.2, 0.25) is 0 Å². The highest BCUT2D eigenvalue weighted by atomic mass is 19.4. The fraction of sp³-hybridized carbons (Fsp3) is 0.333. The minimum Gasteiger partial charge on any atom is -0.167 e. The molecule has 82 valence electrons. The number of benzene rings is 1. The molecule has 1 aromatic carbocycles. The predicted molar refractivity (Wildman–Crippen MR) is 54.6 cm³/mol. The van der Waals surface area contributed by atoms with Crippen LogP contribution in [0.3, 0.4) is 0 Å². The zero-order chi connectivity index (χ0) is 11.3. The summed E-state index contributed by atoms with van der Waals surface area (Å²) in [6, 6.07) is 9.49. The second-order valence-electron chi connectivity index (χ2n) is 3.41. The molecule has 0 aromatic heterocycles. The Bertz CT molecular complexity index is 322. The van der Waals surface area contributed by atoms with E-state index in [1.807, 2.05) is 30.3 Å². The maximum atomic E-state index is 12.1. The summed E-state index contributed by atoms with van der Waals surface area (Å²) in [4.78, 5) is 0. The van der Waals surface area contributed by atoms with Crippen molar-refractivity contribution in [3.8, 4) is 0 Å². The van der Waals surface area contributed by atoms with Crippen molar-refractivity contribution in [2.45, 2.75) is 25.9 Å². The Morgan fingerprint density at radius 3 is 2.33 bits per heavy atom. The van der Waals surface area contributed by atoms with Crippen LogP contribution in [0.25, 0.3) is 0 Å². The van der Waals surface area contributed by atoms with E-state index in [4.69, 9.17) is 0 Å². The van der Waals surface area contributed by atoms with E-state index in [-0.39, 0.29) is 0 Å². The van der Waals surface area contributed by atoms with Crippen LogP contribution in [-0.4, -0.2) is 6.18 Å². The molecule has 0 spiro atoms. The van der Waals surface area contributed by atoms with Crippen molar-refractivity contribution >= 4 is 0 Å². The van der Waals surface area contributed by atoms with Crippen LogP contribution in [0.4, 0.5) is 13.2 Å². The average molecular weight is 214 g/mol. The highest BCUT2D eigenvalue weighted by Gasteiger charge is 2.29. The fourth-order valence-electron chi connectivity index (χ4n) is 1.22. The monoisotopic (exact) mass is 214 g/mol. The molecule has 0 unspecified atom stereocenters. The lowest BCUT2D eigenvalue weighted by atomic mass is 10.1. The molecule has 0 aliphatic rings. The normalized spacial score (nSPS) is 12.9. The minimum atomic E-state index is -4.18. The summed E-state index contributed by atoms with van der Waals surface area (Å²) in [5, 5.41) is 0. The van der Waals surface area contributed by atoms with Crippen LogP contribution in [-0.2, 0) is 6.42 Å². The number of halogens is 3. The zero-order valence-corrected chi connectivity index (χ0v) is 8.51. The molecule has 0 aliphatic carbocycles. The zero-order valence-electron chi connectivity index (χ0n) is 8.51. The van der Waals surface area contributed by atoms with Crippen molar-refractivity contribution < 1.29 is 13.2 Å². The molecular weight excluding hydrogens is 201 g/mol. The Labute approximate surface area is 87.4 Å². The van der Waals surface area contributed by atoms with Crippen molar-refractivity contribution in [1.82, 2.24) is 0 Å². The van der Waals surface area contributed by atoms with Crippen LogP contribution in [0.1, 0.15) is 18.9 Å². The predicted octanol–water partition coefficient (Wildman–Crippen LogP) is 4.13. The van der Waals surface area contributed by atoms with Crippen LogP contribution < -0.4 is 0 Å². The molecule has 3 heteroatoms. The van der Waals surface area contributed by atoms with Crippen LogP contribution in [0, 0.1) is 0 Å². The van der Waals surface area contributed by atoms with Crippen molar-refractivity contribution in [3.63, 3.8) is 0 Å². The van der Waals surface area contributed by atoms with E-state index in [2.05, 4.69) is 0 Å². The Balaban J connectivity index is 2.46. The summed E-state index contributed by atoms with van der Waals surface area (Å²) in [6.45, 7) is 1.10. The van der Waals surface area contributed by atoms with E-state index in [1.54, 1.807) is 0 Å². The lowest BCUT2D eigenvalue weighted by Gasteiger charge is -2.05. The molecule has 0 nitrogen and oxygen atoms in total. The molecule has 0 atom stereocenters. The first-order chi connectivity index (χ1) is 7.00. The summed E-state index contributed by atoms with van der Waals surface area (Å²) in [5.41, 5.74) is 0.544. The van der Waals surface area contributed by atoms with Gasteiger partial charge in [0.1, 0.15) is 0 Å². The summed E-state index contributed by atoms with van der Waals surface area (Å²) >= 11 is 0. The van der Waals surface area contributed by atoms with E-state index < -0.39 is 11.7 Å². The van der Waals surface area contributed by atoms with Gasteiger partial charge < -0.3 is 0 Å². The second-order valence-corrected chi connectivity index (χ2v) is 3.41. The fourth-order valence-corrected chi connectivity index (χ4v) is 1.22. The first kappa shape index (κ1) is 11.8. The molecule has 0 heterocycles. The maximum Gasteiger partial charge on any atom is 0.412 e. The Morgan fingerprint density at radius 2 is 1.80 bits per heavy atom. The van der Waals surface area contributed by atoms with Gasteiger partial charge in [0, 0.05) is 5.57 Å². The van der Waals surface area contributed by atoms with Gasteiger partial charge in [-0.3, -0.25) is 0 Å². The van der Waals surface area contributed by atoms with Gasteiger partial charge >= 0.3 is 6.18 Å². The van der Waals surface area contributed by atoms with Gasteiger partial charge in [0.25, 0.3) is 0 Å². The SMILES string of the molecule is CC(=CCCc1ccccc1)C(F)(F)F. The molecule has 0 amide bonds. The molecule has 0 saturated carbocycles. The number of rotatable bonds is 3. The van der Waals surface area contributed by atoms with Crippen molar-refractivity contribution in [2.24, 2.45) is 0 Å². The number of hydrogen-bond acceptors (Lipinski definition) is 0. The molecule has 1 aromatic rings. The lowest BCUT2D eigenvalue weighted by Crippen LogP contribution is -2.08. The van der Waals surface area contributed by atoms with Gasteiger partial charge in [-0.15, -0.1) is 0 Å². The molecule has 0 radical (unpaired) electrons. The largest absolute Gasteiger partial charge is 0.412 e. The molecule has 0 fully saturated rings. The van der Waals surface area contributed by atoms with Crippen LogP contribution >= 0.6 is 0 Å². The number of allylic oxidation sites excluding steroid dienone is 2. The topological polar surface area (TPSA) is 0 Å². The summed E-state index contributed by atoms with van der Waals surface area (Å²) in [7, 11) is 0. The van der Waals surface area contributed by atoms with Crippen LogP contribution in [0.5, 0.6) is 0 Å². The molecule has 0 aliphatic heterocycles. The van der Waals surface area contributed by atoms with Crippen molar-refractivity contribution in [2.75, 3.05) is 0 Å². The highest BCUT2D eigenvalue weighted by molar-refractivity contribution is 5.16. The van der Waals surface area contributed by atoms with E-state index in [1.165, 1.54) is 6.08 Å². The smallest absolute Gasteiger partial charge is 0.167 e. The van der Waals surface area contributed by atoms with E-state index in [0.29, 0.717) is 12.8 Å². The third kappa shape index (κ3) is 4.19. The van der Waals surface area contributed by atoms with Crippen molar-refractivity contribution in [3.05, 3.63) is 47.5 Å². The van der Waals surface area contributed by atoms with Gasteiger partial charge in [0.15, 0.2) is 0 Å². The van der Waals surface area contributed by atoms with Crippen LogP contribution in [0.15, 0.2) is 42.0 Å². The van der Waals surface area contributed by atoms with Gasteiger partial charge in [-0.05, 0) is 25.3 Å². The molecule has 15 heavy (non-hydrogen) atoms. The molecule has 0 N–H and O–H groups in total. The minimum absolute atomic E-state index is 0.426. The standard InChI is InChI=1S/C12H13F3/c1-10(12(13,14)15)6-5-9-11-7-3-2-4-8-11/h2-4,6-8H,5,9H2,1H3. The summed E-state index contributed by atoms with van der Waals surface area (Å²) in [6.07, 6.45) is -1.87. The maximum absolute atomic E-state index is 12.1. The van der Waals surface area contributed by atoms with Crippen molar-refractivity contribution in [1.29, 1.82) is 0 Å². The molecule has 1 rings (SSSR count). The number of hydrogen-bond donors (Lipinski definition) is 0. The number of alkyl halides is 3. The van der Waals surface area contributed by atoms with Gasteiger partial charge in [0.2, 0.25) is 0 Å². The third-order valence-electron chi connectivity index (χ3n) is 2.17. The summed E-state index contributed by atoms with van der Waals surface area (Å²) in [5.74, 6) is 0. The average Bonchev–Trinajstić information content (AvgIpc) is 2.18. The van der Waals surface area contributed by atoms with Gasteiger partial charge in [-0.2, -0.15) is 13.2 Å². The molecule has 0 saturated heterocycles. The summed E-state index contributed by atoms with van der Waals surface area (Å²) < 4.78 is 36.3. The first-order valence-electron chi connectivity index (χ1n) is 4.78. The quantitative estimate of drug-likeness (QED) is 0.664. The third-order valence-corrected chi connectivity index (χ3v) is 2.17. The number of aryl methyl sites for hydroxylation is 1. The highest BCUT2D eigenvalue weighted by Crippen LogP contribution is 2.25. The Kier molecular flexibility index (Phi) is 3.95. The van der Waals surface area contributed by atoms with Gasteiger partial charge in [0.05, 0.1) is 0 Å². The molecule has 0 bridgehead atoms. The van der Waals surface area contributed by atoms with Gasteiger partial charge in [-0.25, -0.2) is 0 Å². The van der Waals surface area contributed by atoms with E-state index in [0.717, 1.165) is 12.5 Å². The Hall–Kier alpha value is -1.25. The first-order valence-corrected chi connectivity index (χ1v) is 4.78. The van der Waals surface area contributed by atoms with E-state index in [9.17, 15) is 13.2 Å². The van der Waals surface area contributed by atoms with Gasteiger partial charge in [-0.1, -0.05) is 36.4 Å².